The summed E-state index contributed by atoms with van der Waals surface area (Å²) in [4.78, 5) is 6.63. The highest BCUT2D eigenvalue weighted by Gasteiger charge is 2.19. The van der Waals surface area contributed by atoms with E-state index in [1.54, 1.807) is 0 Å². The Labute approximate surface area is 96.2 Å². The number of hydrogen-bond donors (Lipinski definition) is 1. The lowest BCUT2D eigenvalue weighted by Crippen LogP contribution is -2.50. The largest absolute Gasteiger partial charge is 0.340 e. The maximum atomic E-state index is 4.98. The molecule has 0 radical (unpaired) electrons. The quantitative estimate of drug-likeness (QED) is 0.825. The third-order valence-electron chi connectivity index (χ3n) is 2.91. The lowest BCUT2D eigenvalue weighted by molar-refractivity contribution is 0.181. The molecule has 16 heavy (non-hydrogen) atoms. The van der Waals surface area contributed by atoms with Crippen molar-refractivity contribution in [2.75, 3.05) is 19.6 Å². The van der Waals surface area contributed by atoms with Gasteiger partial charge in [0, 0.05) is 32.6 Å². The fourth-order valence-electron chi connectivity index (χ4n) is 2.19. The summed E-state index contributed by atoms with van der Waals surface area (Å²) >= 11 is 0. The molecule has 90 valence electrons. The SMILES string of the molecule is CCCC1CN(Cc2noc(C)n2)CCN1. The van der Waals surface area contributed by atoms with Crippen LogP contribution in [0.25, 0.3) is 0 Å². The van der Waals surface area contributed by atoms with E-state index in [1.807, 2.05) is 6.92 Å². The summed E-state index contributed by atoms with van der Waals surface area (Å²) in [5, 5.41) is 7.47. The third kappa shape index (κ3) is 3.02. The molecule has 1 saturated heterocycles. The minimum absolute atomic E-state index is 0.617. The Balaban J connectivity index is 1.85. The molecule has 1 fully saturated rings. The van der Waals surface area contributed by atoms with Gasteiger partial charge in [-0.2, -0.15) is 4.98 Å². The standard InChI is InChI=1S/C11H20N4O/c1-3-4-10-7-15(6-5-12-10)8-11-13-9(2)16-14-11/h10,12H,3-8H2,1-2H3. The fraction of sp³-hybridized carbons (Fsp3) is 0.818. The maximum Gasteiger partial charge on any atom is 0.223 e. The Hall–Kier alpha value is -0.940. The second-order valence-electron chi connectivity index (χ2n) is 4.40. The molecule has 5 heteroatoms. The van der Waals surface area contributed by atoms with E-state index in [-0.39, 0.29) is 0 Å². The van der Waals surface area contributed by atoms with Crippen LogP contribution in [0.4, 0.5) is 0 Å². The van der Waals surface area contributed by atoms with Crippen LogP contribution in [0, 0.1) is 6.92 Å². The van der Waals surface area contributed by atoms with Crippen LogP contribution in [0.15, 0.2) is 4.52 Å². The van der Waals surface area contributed by atoms with Crippen LogP contribution < -0.4 is 5.32 Å². The zero-order chi connectivity index (χ0) is 11.4. The monoisotopic (exact) mass is 224 g/mol. The summed E-state index contributed by atoms with van der Waals surface area (Å²) < 4.78 is 4.98. The van der Waals surface area contributed by atoms with Crippen LogP contribution in [-0.4, -0.2) is 40.7 Å². The molecule has 0 saturated carbocycles. The molecule has 1 aliphatic rings. The van der Waals surface area contributed by atoms with Crippen molar-refractivity contribution in [3.63, 3.8) is 0 Å². The zero-order valence-electron chi connectivity index (χ0n) is 10.1. The number of piperazine rings is 1. The normalized spacial score (nSPS) is 22.5. The predicted octanol–water partition coefficient (Wildman–Crippen LogP) is 0.952. The Kier molecular flexibility index (Phi) is 3.90. The molecule has 1 aromatic heterocycles. The Morgan fingerprint density at radius 1 is 1.56 bits per heavy atom. The third-order valence-corrected chi connectivity index (χ3v) is 2.91. The molecule has 2 rings (SSSR count). The smallest absolute Gasteiger partial charge is 0.223 e. The molecule has 5 nitrogen and oxygen atoms in total. The molecule has 2 heterocycles. The van der Waals surface area contributed by atoms with Crippen LogP contribution >= 0.6 is 0 Å². The van der Waals surface area contributed by atoms with E-state index >= 15 is 0 Å². The Bertz CT molecular complexity index is 324. The Morgan fingerprint density at radius 2 is 2.44 bits per heavy atom. The van der Waals surface area contributed by atoms with E-state index in [0.717, 1.165) is 32.0 Å². The van der Waals surface area contributed by atoms with Gasteiger partial charge in [0.1, 0.15) is 0 Å². The number of nitrogens with one attached hydrogen (secondary N) is 1. The van der Waals surface area contributed by atoms with E-state index in [1.165, 1.54) is 12.8 Å². The van der Waals surface area contributed by atoms with Crippen molar-refractivity contribution in [1.82, 2.24) is 20.4 Å². The number of nitrogens with zero attached hydrogens (tertiary/aromatic N) is 3. The average Bonchev–Trinajstić information content (AvgIpc) is 2.65. The lowest BCUT2D eigenvalue weighted by Gasteiger charge is -2.32. The van der Waals surface area contributed by atoms with E-state index in [9.17, 15) is 0 Å². The van der Waals surface area contributed by atoms with Crippen LogP contribution in [-0.2, 0) is 6.54 Å². The van der Waals surface area contributed by atoms with Crippen LogP contribution in [0.5, 0.6) is 0 Å². The van der Waals surface area contributed by atoms with Crippen molar-refractivity contribution >= 4 is 0 Å². The van der Waals surface area contributed by atoms with Gasteiger partial charge < -0.3 is 9.84 Å². The zero-order valence-corrected chi connectivity index (χ0v) is 10.1. The minimum atomic E-state index is 0.617. The van der Waals surface area contributed by atoms with Gasteiger partial charge in [-0.3, -0.25) is 4.90 Å². The summed E-state index contributed by atoms with van der Waals surface area (Å²) in [5.74, 6) is 1.45. The summed E-state index contributed by atoms with van der Waals surface area (Å²) in [6.45, 7) is 8.06. The number of hydrogen-bond acceptors (Lipinski definition) is 5. The van der Waals surface area contributed by atoms with Gasteiger partial charge in [-0.25, -0.2) is 0 Å². The first-order valence-corrected chi connectivity index (χ1v) is 6.03. The number of rotatable bonds is 4. The lowest BCUT2D eigenvalue weighted by atomic mass is 10.1. The first kappa shape index (κ1) is 11.5. The highest BCUT2D eigenvalue weighted by Crippen LogP contribution is 2.08. The molecule has 1 unspecified atom stereocenters. The highest BCUT2D eigenvalue weighted by molar-refractivity contribution is 4.87. The molecule has 0 aromatic carbocycles. The molecule has 1 aromatic rings. The van der Waals surface area contributed by atoms with Gasteiger partial charge >= 0.3 is 0 Å². The first-order chi connectivity index (χ1) is 7.78. The van der Waals surface area contributed by atoms with E-state index in [2.05, 4.69) is 27.3 Å². The summed E-state index contributed by atoms with van der Waals surface area (Å²) in [7, 11) is 0. The second kappa shape index (κ2) is 5.41. The molecule has 1 atom stereocenters. The van der Waals surface area contributed by atoms with Gasteiger partial charge in [0.2, 0.25) is 5.89 Å². The summed E-state index contributed by atoms with van der Waals surface area (Å²) in [6, 6.07) is 0.617. The van der Waals surface area contributed by atoms with E-state index < -0.39 is 0 Å². The van der Waals surface area contributed by atoms with Gasteiger partial charge in [-0.1, -0.05) is 18.5 Å². The van der Waals surface area contributed by atoms with E-state index in [0.29, 0.717) is 11.9 Å². The van der Waals surface area contributed by atoms with Gasteiger partial charge in [-0.05, 0) is 6.42 Å². The van der Waals surface area contributed by atoms with Crippen molar-refractivity contribution < 1.29 is 4.52 Å². The highest BCUT2D eigenvalue weighted by atomic mass is 16.5. The van der Waals surface area contributed by atoms with Gasteiger partial charge in [0.15, 0.2) is 5.82 Å². The molecule has 0 aliphatic carbocycles. The predicted molar refractivity (Wildman–Crippen MR) is 61.0 cm³/mol. The summed E-state index contributed by atoms with van der Waals surface area (Å²) in [5.41, 5.74) is 0. The number of aromatic nitrogens is 2. The number of aryl methyl sites for hydroxylation is 1. The average molecular weight is 224 g/mol. The summed E-state index contributed by atoms with van der Waals surface area (Å²) in [6.07, 6.45) is 2.47. The van der Waals surface area contributed by atoms with Crippen molar-refractivity contribution in [3.05, 3.63) is 11.7 Å². The molecule has 1 N–H and O–H groups in total. The topological polar surface area (TPSA) is 54.2 Å². The molecule has 0 bridgehead atoms. The fourth-order valence-corrected chi connectivity index (χ4v) is 2.19. The molecule has 1 aliphatic heterocycles. The van der Waals surface area contributed by atoms with Crippen molar-refractivity contribution in [2.24, 2.45) is 0 Å². The van der Waals surface area contributed by atoms with Gasteiger partial charge in [0.25, 0.3) is 0 Å². The van der Waals surface area contributed by atoms with Gasteiger partial charge in [0.05, 0.1) is 6.54 Å². The van der Waals surface area contributed by atoms with Gasteiger partial charge in [-0.15, -0.1) is 0 Å². The molecular formula is C11H20N4O. The van der Waals surface area contributed by atoms with Crippen molar-refractivity contribution in [1.29, 1.82) is 0 Å². The van der Waals surface area contributed by atoms with Crippen LogP contribution in [0.3, 0.4) is 0 Å². The second-order valence-corrected chi connectivity index (χ2v) is 4.40. The van der Waals surface area contributed by atoms with Crippen molar-refractivity contribution in [3.8, 4) is 0 Å². The minimum Gasteiger partial charge on any atom is -0.340 e. The molecule has 0 spiro atoms. The van der Waals surface area contributed by atoms with Crippen molar-refractivity contribution in [2.45, 2.75) is 39.3 Å². The maximum absolute atomic E-state index is 4.98. The van der Waals surface area contributed by atoms with E-state index in [4.69, 9.17) is 4.52 Å². The first-order valence-electron chi connectivity index (χ1n) is 6.03. The van der Waals surface area contributed by atoms with Crippen LogP contribution in [0.1, 0.15) is 31.5 Å². The van der Waals surface area contributed by atoms with Crippen LogP contribution in [0.2, 0.25) is 0 Å². The Morgan fingerprint density at radius 3 is 3.12 bits per heavy atom. The molecular weight excluding hydrogens is 204 g/mol. The molecule has 0 amide bonds.